The van der Waals surface area contributed by atoms with Crippen LogP contribution in [-0.4, -0.2) is 77.4 Å². The monoisotopic (exact) mass is 414 g/mol. The molecule has 0 saturated carbocycles. The third-order valence-electron chi connectivity index (χ3n) is 4.70. The second-order valence-corrected chi connectivity index (χ2v) is 6.87. The third-order valence-corrected chi connectivity index (χ3v) is 4.70. The number of carbonyl (C=O) groups is 1. The van der Waals surface area contributed by atoms with Crippen LogP contribution in [0.2, 0.25) is 0 Å². The Labute approximate surface area is 169 Å². The van der Waals surface area contributed by atoms with Gasteiger partial charge in [0.1, 0.15) is 24.4 Å². The van der Waals surface area contributed by atoms with Gasteiger partial charge in [0, 0.05) is 6.42 Å². The smallest absolute Gasteiger partial charge is 0.306 e. The highest BCUT2D eigenvalue weighted by Gasteiger charge is 2.44. The van der Waals surface area contributed by atoms with Crippen molar-refractivity contribution in [2.45, 2.75) is 63.3 Å². The quantitative estimate of drug-likeness (QED) is 0.312. The molecule has 4 N–H and O–H groups in total. The fourth-order valence-electron chi connectivity index (χ4n) is 2.90. The first-order chi connectivity index (χ1) is 13.9. The molecule has 1 aromatic rings. The lowest BCUT2D eigenvalue weighted by atomic mass is 9.99. The number of hydrogen-bond acceptors (Lipinski definition) is 9. The summed E-state index contributed by atoms with van der Waals surface area (Å²) in [7, 11) is 1.44. The second kappa shape index (κ2) is 11.3. The molecule has 9 heteroatoms. The number of rotatable bonds is 10. The van der Waals surface area contributed by atoms with E-state index in [1.165, 1.54) is 7.11 Å². The van der Waals surface area contributed by atoms with Gasteiger partial charge in [0.2, 0.25) is 6.29 Å². The van der Waals surface area contributed by atoms with Crippen LogP contribution in [-0.2, 0) is 20.7 Å². The maximum absolute atomic E-state index is 11.7. The topological polar surface area (TPSA) is 135 Å². The Morgan fingerprint density at radius 3 is 2.55 bits per heavy atom. The predicted octanol–water partition coefficient (Wildman–Crippen LogP) is 0.150. The molecule has 0 aromatic heterocycles. The molecular weight excluding hydrogens is 384 g/mol. The van der Waals surface area contributed by atoms with Gasteiger partial charge in [-0.25, -0.2) is 0 Å². The van der Waals surface area contributed by atoms with E-state index in [4.69, 9.17) is 18.9 Å². The molecule has 1 heterocycles. The Bertz CT molecular complexity index is 649. The summed E-state index contributed by atoms with van der Waals surface area (Å²) in [6.07, 6.45) is -4.40. The first-order valence-corrected chi connectivity index (χ1v) is 9.71. The molecule has 9 nitrogen and oxygen atoms in total. The highest BCUT2D eigenvalue weighted by Crippen LogP contribution is 2.32. The van der Waals surface area contributed by atoms with Crippen LogP contribution >= 0.6 is 0 Å². The molecule has 1 aromatic carbocycles. The van der Waals surface area contributed by atoms with Crippen molar-refractivity contribution >= 4 is 5.97 Å². The molecule has 1 aliphatic heterocycles. The van der Waals surface area contributed by atoms with Gasteiger partial charge in [-0.3, -0.25) is 4.79 Å². The number of esters is 1. The van der Waals surface area contributed by atoms with E-state index < -0.39 is 37.3 Å². The number of benzene rings is 1. The van der Waals surface area contributed by atoms with E-state index in [0.29, 0.717) is 18.8 Å². The van der Waals surface area contributed by atoms with Gasteiger partial charge in [0.05, 0.1) is 20.3 Å². The Morgan fingerprint density at radius 1 is 1.14 bits per heavy atom. The van der Waals surface area contributed by atoms with E-state index in [1.807, 2.05) is 6.92 Å². The lowest BCUT2D eigenvalue weighted by molar-refractivity contribution is -0.277. The predicted molar refractivity (Wildman–Crippen MR) is 102 cm³/mol. The first-order valence-electron chi connectivity index (χ1n) is 9.71. The molecular formula is C20H30O9. The Morgan fingerprint density at radius 2 is 1.90 bits per heavy atom. The van der Waals surface area contributed by atoms with Crippen molar-refractivity contribution < 1.29 is 44.2 Å². The Hall–Kier alpha value is -1.91. The second-order valence-electron chi connectivity index (χ2n) is 6.87. The Balaban J connectivity index is 2.00. The zero-order valence-corrected chi connectivity index (χ0v) is 16.7. The van der Waals surface area contributed by atoms with Crippen molar-refractivity contribution in [2.24, 2.45) is 0 Å². The van der Waals surface area contributed by atoms with E-state index in [0.717, 1.165) is 18.4 Å². The van der Waals surface area contributed by atoms with Crippen molar-refractivity contribution in [1.82, 2.24) is 0 Å². The largest absolute Gasteiger partial charge is 0.493 e. The van der Waals surface area contributed by atoms with Crippen molar-refractivity contribution in [3.05, 3.63) is 23.8 Å². The van der Waals surface area contributed by atoms with Crippen molar-refractivity contribution in [1.29, 1.82) is 0 Å². The molecule has 5 unspecified atom stereocenters. The minimum Gasteiger partial charge on any atom is -0.493 e. The number of ether oxygens (including phenoxy) is 4. The van der Waals surface area contributed by atoms with Crippen LogP contribution in [0.25, 0.3) is 0 Å². The molecule has 2 rings (SSSR count). The standard InChI is InChI=1S/C20H30O9/c1-3-4-9-27-16(22)8-6-12-5-7-13(14(10-12)26-2)28-20-19(25)18(24)17(23)15(11-21)29-20/h5,7,10,15,17-21,23-25H,3-4,6,8-9,11H2,1-2H3. The highest BCUT2D eigenvalue weighted by molar-refractivity contribution is 5.69. The number of aliphatic hydroxyl groups excluding tert-OH is 4. The third kappa shape index (κ3) is 6.28. The van der Waals surface area contributed by atoms with Gasteiger partial charge in [-0.15, -0.1) is 0 Å². The number of methoxy groups -OCH3 is 1. The summed E-state index contributed by atoms with van der Waals surface area (Å²) in [5.41, 5.74) is 0.829. The molecule has 0 spiro atoms. The normalized spacial score (nSPS) is 26.8. The van der Waals surface area contributed by atoms with Crippen LogP contribution < -0.4 is 9.47 Å². The van der Waals surface area contributed by atoms with E-state index in [2.05, 4.69) is 0 Å². The summed E-state index contributed by atoms with van der Waals surface area (Å²) in [5.74, 6) is 0.323. The molecule has 0 radical (unpaired) electrons. The van der Waals surface area contributed by atoms with Gasteiger partial charge in [-0.2, -0.15) is 0 Å². The Kier molecular flexibility index (Phi) is 9.12. The fourth-order valence-corrected chi connectivity index (χ4v) is 2.90. The molecule has 1 aliphatic rings. The highest BCUT2D eigenvalue weighted by atomic mass is 16.7. The summed E-state index contributed by atoms with van der Waals surface area (Å²) in [4.78, 5) is 11.7. The minimum atomic E-state index is -1.53. The lowest BCUT2D eigenvalue weighted by Crippen LogP contribution is -2.60. The van der Waals surface area contributed by atoms with E-state index in [-0.39, 0.29) is 18.1 Å². The van der Waals surface area contributed by atoms with Crippen LogP contribution in [0.1, 0.15) is 31.7 Å². The summed E-state index contributed by atoms with van der Waals surface area (Å²) < 4.78 is 21.4. The van der Waals surface area contributed by atoms with E-state index in [9.17, 15) is 25.2 Å². The number of unbranched alkanes of at least 4 members (excludes halogenated alkanes) is 1. The summed E-state index contributed by atoms with van der Waals surface area (Å²) in [5, 5.41) is 39.1. The molecule has 0 bridgehead atoms. The van der Waals surface area contributed by atoms with Gasteiger partial charge in [-0.05, 0) is 30.5 Å². The SMILES string of the molecule is CCCCOC(=O)CCc1ccc(OC2OC(CO)C(O)C(O)C2O)c(OC)c1. The summed E-state index contributed by atoms with van der Waals surface area (Å²) >= 11 is 0. The van der Waals surface area contributed by atoms with Gasteiger partial charge >= 0.3 is 5.97 Å². The van der Waals surface area contributed by atoms with Crippen LogP contribution in [0, 0.1) is 0 Å². The number of aliphatic hydroxyl groups is 4. The van der Waals surface area contributed by atoms with E-state index in [1.54, 1.807) is 18.2 Å². The minimum absolute atomic E-state index is 0.236. The van der Waals surface area contributed by atoms with Gasteiger partial charge in [-0.1, -0.05) is 19.4 Å². The van der Waals surface area contributed by atoms with Crippen LogP contribution in [0.3, 0.4) is 0 Å². The van der Waals surface area contributed by atoms with Crippen molar-refractivity contribution in [3.8, 4) is 11.5 Å². The maximum Gasteiger partial charge on any atom is 0.306 e. The van der Waals surface area contributed by atoms with Crippen molar-refractivity contribution in [2.75, 3.05) is 20.3 Å². The molecule has 29 heavy (non-hydrogen) atoms. The van der Waals surface area contributed by atoms with E-state index >= 15 is 0 Å². The number of carbonyl (C=O) groups excluding carboxylic acids is 1. The lowest BCUT2D eigenvalue weighted by Gasteiger charge is -2.39. The molecule has 164 valence electrons. The maximum atomic E-state index is 11.7. The summed E-state index contributed by atoms with van der Waals surface area (Å²) in [6.45, 7) is 1.90. The average molecular weight is 414 g/mol. The molecule has 5 atom stereocenters. The number of aryl methyl sites for hydroxylation is 1. The van der Waals surface area contributed by atoms with Gasteiger partial charge in [0.15, 0.2) is 11.5 Å². The van der Waals surface area contributed by atoms with Crippen LogP contribution in [0.5, 0.6) is 11.5 Å². The molecule has 0 amide bonds. The zero-order chi connectivity index (χ0) is 21.4. The zero-order valence-electron chi connectivity index (χ0n) is 16.7. The number of hydrogen-bond donors (Lipinski definition) is 4. The van der Waals surface area contributed by atoms with Crippen LogP contribution in [0.15, 0.2) is 18.2 Å². The van der Waals surface area contributed by atoms with Gasteiger partial charge < -0.3 is 39.4 Å². The van der Waals surface area contributed by atoms with Crippen LogP contribution in [0.4, 0.5) is 0 Å². The average Bonchev–Trinajstić information content (AvgIpc) is 2.73. The first kappa shape index (κ1) is 23.4. The van der Waals surface area contributed by atoms with Crippen molar-refractivity contribution in [3.63, 3.8) is 0 Å². The molecule has 1 saturated heterocycles. The molecule has 0 aliphatic carbocycles. The summed E-state index contributed by atoms with van der Waals surface area (Å²) in [6, 6.07) is 5.03. The fraction of sp³-hybridized carbons (Fsp3) is 0.650. The van der Waals surface area contributed by atoms with Gasteiger partial charge in [0.25, 0.3) is 0 Å². The molecule has 1 fully saturated rings.